The van der Waals surface area contributed by atoms with Gasteiger partial charge in [0.15, 0.2) is 0 Å². The summed E-state index contributed by atoms with van der Waals surface area (Å²) in [5, 5.41) is 0. The van der Waals surface area contributed by atoms with Crippen LogP contribution in [0, 0.1) is 5.82 Å². The summed E-state index contributed by atoms with van der Waals surface area (Å²) in [4.78, 5) is 14.2. The Labute approximate surface area is 173 Å². The molecule has 1 saturated heterocycles. The fourth-order valence-corrected chi connectivity index (χ4v) is 5.05. The van der Waals surface area contributed by atoms with Crippen molar-refractivity contribution >= 4 is 27.4 Å². The first kappa shape index (κ1) is 18.2. The van der Waals surface area contributed by atoms with E-state index in [2.05, 4.69) is 51.3 Å². The van der Waals surface area contributed by atoms with E-state index in [-0.39, 0.29) is 5.82 Å². The Kier molecular flexibility index (Phi) is 4.96. The number of thiophene rings is 1. The van der Waals surface area contributed by atoms with Gasteiger partial charge in [-0.1, -0.05) is 42.5 Å². The molecule has 146 valence electrons. The maximum absolute atomic E-state index is 13.3. The fourth-order valence-electron chi connectivity index (χ4n) is 3.92. The first-order valence-corrected chi connectivity index (χ1v) is 10.7. The minimum absolute atomic E-state index is 0.216. The van der Waals surface area contributed by atoms with Crippen molar-refractivity contribution in [1.29, 1.82) is 0 Å². The highest BCUT2D eigenvalue weighted by Gasteiger charge is 2.23. The topological polar surface area (TPSA) is 33.5 Å². The highest BCUT2D eigenvalue weighted by atomic mass is 32.1. The molecular formula is C23H22FN4S+. The van der Waals surface area contributed by atoms with Crippen LogP contribution in [0.15, 0.2) is 67.0 Å². The van der Waals surface area contributed by atoms with Gasteiger partial charge in [-0.2, -0.15) is 0 Å². The Morgan fingerprint density at radius 1 is 0.966 bits per heavy atom. The standard InChI is InChI=1S/C23H21FN4S/c24-19-8-6-18(7-9-19)21-14-20-22(29-21)23(26-16-25-20)28-12-10-27(11-13-28)15-17-4-2-1-3-5-17/h1-9,14,16H,10-13,15H2/p+1. The molecule has 1 aliphatic rings. The quantitative estimate of drug-likeness (QED) is 0.565. The molecular weight excluding hydrogens is 383 g/mol. The molecule has 0 saturated carbocycles. The normalized spacial score (nSPS) is 15.1. The van der Waals surface area contributed by atoms with Crippen molar-refractivity contribution in [2.24, 2.45) is 0 Å². The molecule has 0 aliphatic carbocycles. The van der Waals surface area contributed by atoms with Gasteiger partial charge in [0.1, 0.15) is 24.5 Å². The van der Waals surface area contributed by atoms with Crippen LogP contribution in [0.5, 0.6) is 0 Å². The molecule has 0 spiro atoms. The lowest BCUT2D eigenvalue weighted by Crippen LogP contribution is -3.13. The monoisotopic (exact) mass is 405 g/mol. The Hall–Kier alpha value is -2.83. The lowest BCUT2D eigenvalue weighted by atomic mass is 10.2. The van der Waals surface area contributed by atoms with Crippen LogP contribution in [0.4, 0.5) is 10.2 Å². The molecule has 0 atom stereocenters. The van der Waals surface area contributed by atoms with Crippen LogP contribution in [-0.4, -0.2) is 36.1 Å². The van der Waals surface area contributed by atoms with Crippen LogP contribution in [0.1, 0.15) is 5.56 Å². The minimum atomic E-state index is -0.216. The van der Waals surface area contributed by atoms with Crippen molar-refractivity contribution in [3.63, 3.8) is 0 Å². The second-order valence-electron chi connectivity index (χ2n) is 7.43. The third kappa shape index (κ3) is 3.86. The number of fused-ring (bicyclic) bond motifs is 1. The molecule has 1 fully saturated rings. The van der Waals surface area contributed by atoms with Crippen molar-refractivity contribution in [3.8, 4) is 10.4 Å². The minimum Gasteiger partial charge on any atom is -0.344 e. The fraction of sp³-hybridized carbons (Fsp3) is 0.217. The van der Waals surface area contributed by atoms with Gasteiger partial charge >= 0.3 is 0 Å². The number of anilines is 1. The molecule has 2 aromatic carbocycles. The second-order valence-corrected chi connectivity index (χ2v) is 8.48. The Morgan fingerprint density at radius 2 is 1.72 bits per heavy atom. The van der Waals surface area contributed by atoms with Crippen molar-refractivity contribution in [3.05, 3.63) is 78.4 Å². The highest BCUT2D eigenvalue weighted by molar-refractivity contribution is 7.22. The van der Waals surface area contributed by atoms with Gasteiger partial charge in [0.05, 0.1) is 36.4 Å². The number of aromatic nitrogens is 2. The van der Waals surface area contributed by atoms with Gasteiger partial charge in [-0.15, -0.1) is 11.3 Å². The maximum Gasteiger partial charge on any atom is 0.150 e. The number of nitrogens with zero attached hydrogens (tertiary/aromatic N) is 3. The summed E-state index contributed by atoms with van der Waals surface area (Å²) in [6.07, 6.45) is 1.65. The van der Waals surface area contributed by atoms with Crippen LogP contribution in [0.25, 0.3) is 20.7 Å². The first-order chi connectivity index (χ1) is 14.3. The SMILES string of the molecule is Fc1ccc(-c2cc3ncnc(N4CC[NH+](Cc5ccccc5)CC4)c3s2)cc1. The molecule has 0 unspecified atom stereocenters. The zero-order chi connectivity index (χ0) is 19.6. The van der Waals surface area contributed by atoms with Crippen LogP contribution in [0.3, 0.4) is 0 Å². The number of hydrogen-bond donors (Lipinski definition) is 1. The summed E-state index contributed by atoms with van der Waals surface area (Å²) in [6.45, 7) is 5.23. The number of quaternary nitrogens is 1. The van der Waals surface area contributed by atoms with E-state index in [9.17, 15) is 4.39 Å². The van der Waals surface area contributed by atoms with Crippen LogP contribution >= 0.6 is 11.3 Å². The van der Waals surface area contributed by atoms with Crippen LogP contribution in [0.2, 0.25) is 0 Å². The number of halogens is 1. The number of hydrogen-bond acceptors (Lipinski definition) is 4. The summed E-state index contributed by atoms with van der Waals surface area (Å²) >= 11 is 1.68. The van der Waals surface area contributed by atoms with Gasteiger partial charge < -0.3 is 9.80 Å². The number of nitrogens with one attached hydrogen (secondary N) is 1. The second kappa shape index (κ2) is 7.89. The zero-order valence-corrected chi connectivity index (χ0v) is 16.8. The molecule has 1 N–H and O–H groups in total. The van der Waals surface area contributed by atoms with Crippen LogP contribution < -0.4 is 9.80 Å². The van der Waals surface area contributed by atoms with Crippen molar-refractivity contribution < 1.29 is 9.29 Å². The number of benzene rings is 2. The van der Waals surface area contributed by atoms with E-state index in [4.69, 9.17) is 0 Å². The summed E-state index contributed by atoms with van der Waals surface area (Å²) in [7, 11) is 0. The number of rotatable bonds is 4. The lowest BCUT2D eigenvalue weighted by molar-refractivity contribution is -0.914. The van der Waals surface area contributed by atoms with Gasteiger partial charge in [-0.05, 0) is 23.8 Å². The predicted molar refractivity (Wildman–Crippen MR) is 116 cm³/mol. The van der Waals surface area contributed by atoms with Gasteiger partial charge in [0, 0.05) is 10.4 Å². The highest BCUT2D eigenvalue weighted by Crippen LogP contribution is 2.36. The number of piperazine rings is 1. The largest absolute Gasteiger partial charge is 0.344 e. The van der Waals surface area contributed by atoms with E-state index in [0.29, 0.717) is 0 Å². The average molecular weight is 406 g/mol. The molecule has 0 radical (unpaired) electrons. The van der Waals surface area contributed by atoms with E-state index < -0.39 is 0 Å². The smallest absolute Gasteiger partial charge is 0.150 e. The third-order valence-corrected chi connectivity index (χ3v) is 6.66. The summed E-state index contributed by atoms with van der Waals surface area (Å²) in [6, 6.07) is 19.4. The van der Waals surface area contributed by atoms with Gasteiger partial charge in [0.25, 0.3) is 0 Å². The van der Waals surface area contributed by atoms with E-state index in [0.717, 1.165) is 59.2 Å². The summed E-state index contributed by atoms with van der Waals surface area (Å²) in [5.74, 6) is 0.804. The molecule has 1 aliphatic heterocycles. The zero-order valence-electron chi connectivity index (χ0n) is 16.0. The first-order valence-electron chi connectivity index (χ1n) is 9.89. The van der Waals surface area contributed by atoms with Crippen molar-refractivity contribution in [1.82, 2.24) is 9.97 Å². The lowest BCUT2D eigenvalue weighted by Gasteiger charge is -2.33. The third-order valence-electron chi connectivity index (χ3n) is 5.49. The molecule has 5 rings (SSSR count). The van der Waals surface area contributed by atoms with Crippen LogP contribution in [-0.2, 0) is 6.54 Å². The van der Waals surface area contributed by atoms with E-state index in [1.54, 1.807) is 22.6 Å². The molecule has 6 heteroatoms. The van der Waals surface area contributed by atoms with Gasteiger partial charge in [-0.3, -0.25) is 0 Å². The van der Waals surface area contributed by atoms with E-state index in [1.165, 1.54) is 17.7 Å². The van der Waals surface area contributed by atoms with Gasteiger partial charge in [-0.25, -0.2) is 14.4 Å². The maximum atomic E-state index is 13.3. The molecule has 4 aromatic rings. The molecule has 0 amide bonds. The molecule has 3 heterocycles. The van der Waals surface area contributed by atoms with E-state index in [1.807, 2.05) is 12.1 Å². The van der Waals surface area contributed by atoms with Crippen molar-refractivity contribution in [2.75, 3.05) is 31.1 Å². The Morgan fingerprint density at radius 3 is 2.48 bits per heavy atom. The Balaban J connectivity index is 1.35. The predicted octanol–water partition coefficient (Wildman–Crippen LogP) is 3.40. The summed E-state index contributed by atoms with van der Waals surface area (Å²) < 4.78 is 14.4. The van der Waals surface area contributed by atoms with Gasteiger partial charge in [0.2, 0.25) is 0 Å². The van der Waals surface area contributed by atoms with E-state index >= 15 is 0 Å². The average Bonchev–Trinajstić information content (AvgIpc) is 3.20. The summed E-state index contributed by atoms with van der Waals surface area (Å²) in [5.41, 5.74) is 3.36. The molecule has 4 nitrogen and oxygen atoms in total. The van der Waals surface area contributed by atoms with Crippen molar-refractivity contribution in [2.45, 2.75) is 6.54 Å². The Bertz CT molecular complexity index is 1100. The molecule has 2 aromatic heterocycles. The molecule has 0 bridgehead atoms. The molecule has 29 heavy (non-hydrogen) atoms.